The largest absolute Gasteiger partial charge is 0.484 e. The number of nitrogens with zero attached hydrogens (tertiary/aromatic N) is 1. The van der Waals surface area contributed by atoms with Crippen molar-refractivity contribution in [3.8, 4) is 5.75 Å². The molecule has 2 rings (SSSR count). The normalized spacial score (nSPS) is 10.6. The predicted octanol–water partition coefficient (Wildman–Crippen LogP) is 3.52. The molecule has 0 heterocycles. The van der Waals surface area contributed by atoms with Crippen molar-refractivity contribution >= 4 is 35.3 Å². The summed E-state index contributed by atoms with van der Waals surface area (Å²) in [7, 11) is 0. The molecule has 0 atom stereocenters. The van der Waals surface area contributed by atoms with Gasteiger partial charge < -0.3 is 4.74 Å². The summed E-state index contributed by atoms with van der Waals surface area (Å²) >= 11 is 11.6. The maximum absolute atomic E-state index is 11.5. The summed E-state index contributed by atoms with van der Waals surface area (Å²) in [6.07, 6.45) is 1.52. The van der Waals surface area contributed by atoms with E-state index in [1.807, 2.05) is 0 Å². The van der Waals surface area contributed by atoms with Crippen LogP contribution < -0.4 is 10.2 Å². The van der Waals surface area contributed by atoms with Crippen molar-refractivity contribution in [2.45, 2.75) is 0 Å². The van der Waals surface area contributed by atoms with Crippen molar-refractivity contribution < 1.29 is 9.53 Å². The van der Waals surface area contributed by atoms with E-state index in [0.29, 0.717) is 15.8 Å². The van der Waals surface area contributed by atoms with E-state index < -0.39 is 0 Å². The van der Waals surface area contributed by atoms with Crippen LogP contribution in [0.3, 0.4) is 0 Å². The molecule has 2 aromatic carbocycles. The van der Waals surface area contributed by atoms with Gasteiger partial charge in [-0.05, 0) is 35.9 Å². The van der Waals surface area contributed by atoms with Crippen LogP contribution in [0.1, 0.15) is 5.56 Å². The lowest BCUT2D eigenvalue weighted by Gasteiger charge is -2.04. The fourth-order valence-electron chi connectivity index (χ4n) is 1.47. The minimum Gasteiger partial charge on any atom is -0.484 e. The third-order valence-electron chi connectivity index (χ3n) is 2.44. The average Bonchev–Trinajstić information content (AvgIpc) is 2.47. The zero-order chi connectivity index (χ0) is 15.1. The van der Waals surface area contributed by atoms with E-state index in [9.17, 15) is 4.79 Å². The summed E-state index contributed by atoms with van der Waals surface area (Å²) in [6.45, 7) is -0.141. The van der Waals surface area contributed by atoms with Crippen LogP contribution in [-0.4, -0.2) is 18.7 Å². The van der Waals surface area contributed by atoms with Crippen molar-refractivity contribution in [1.29, 1.82) is 0 Å². The van der Waals surface area contributed by atoms with E-state index in [4.69, 9.17) is 27.9 Å². The van der Waals surface area contributed by atoms with E-state index in [-0.39, 0.29) is 12.5 Å². The van der Waals surface area contributed by atoms with Gasteiger partial charge in [-0.2, -0.15) is 5.10 Å². The second-order valence-corrected chi connectivity index (χ2v) is 4.96. The van der Waals surface area contributed by atoms with E-state index in [0.717, 1.165) is 5.56 Å². The van der Waals surface area contributed by atoms with E-state index >= 15 is 0 Å². The first kappa shape index (κ1) is 15.4. The molecule has 4 nitrogen and oxygen atoms in total. The Morgan fingerprint density at radius 1 is 1.14 bits per heavy atom. The Morgan fingerprint density at radius 2 is 1.90 bits per heavy atom. The number of carbonyl (C=O) groups excluding carboxylic acids is 1. The smallest absolute Gasteiger partial charge is 0.277 e. The molecule has 0 aliphatic heterocycles. The number of hydrogen-bond acceptors (Lipinski definition) is 3. The maximum atomic E-state index is 11.5. The molecule has 0 saturated heterocycles. The van der Waals surface area contributed by atoms with Gasteiger partial charge >= 0.3 is 0 Å². The summed E-state index contributed by atoms with van der Waals surface area (Å²) in [6, 6.07) is 13.9. The Hall–Kier alpha value is -2.04. The Kier molecular flexibility index (Phi) is 5.60. The fourth-order valence-corrected chi connectivity index (χ4v) is 1.77. The molecule has 6 heteroatoms. The molecule has 0 aromatic heterocycles. The SMILES string of the molecule is O=C(COc1cccc(Cl)c1)NN=Cc1ccc(Cl)cc1. The molecule has 0 spiro atoms. The number of halogens is 2. The molecule has 0 aliphatic rings. The summed E-state index contributed by atoms with van der Waals surface area (Å²) < 4.78 is 5.28. The summed E-state index contributed by atoms with van der Waals surface area (Å²) in [5.74, 6) is 0.166. The van der Waals surface area contributed by atoms with Gasteiger partial charge in [-0.25, -0.2) is 5.43 Å². The fraction of sp³-hybridized carbons (Fsp3) is 0.0667. The third-order valence-corrected chi connectivity index (χ3v) is 2.93. The molecule has 21 heavy (non-hydrogen) atoms. The van der Waals surface area contributed by atoms with E-state index in [2.05, 4.69) is 10.5 Å². The molecule has 0 unspecified atom stereocenters. The lowest BCUT2D eigenvalue weighted by molar-refractivity contribution is -0.123. The second-order valence-electron chi connectivity index (χ2n) is 4.09. The van der Waals surface area contributed by atoms with Gasteiger partial charge in [0.25, 0.3) is 5.91 Å². The maximum Gasteiger partial charge on any atom is 0.277 e. The second kappa shape index (κ2) is 7.67. The Labute approximate surface area is 132 Å². The van der Waals surface area contributed by atoms with E-state index in [1.165, 1.54) is 6.21 Å². The minimum atomic E-state index is -0.361. The van der Waals surface area contributed by atoms with Crippen LogP contribution in [-0.2, 0) is 4.79 Å². The number of benzene rings is 2. The molecular weight excluding hydrogens is 311 g/mol. The molecule has 0 radical (unpaired) electrons. The first-order valence-electron chi connectivity index (χ1n) is 6.09. The van der Waals surface area contributed by atoms with Crippen LogP contribution in [0.2, 0.25) is 10.0 Å². The molecule has 1 N–H and O–H groups in total. The molecule has 0 fully saturated rings. The summed E-state index contributed by atoms with van der Waals surface area (Å²) in [5, 5.41) is 5.02. The molecule has 108 valence electrons. The van der Waals surface area contributed by atoms with Crippen molar-refractivity contribution in [1.82, 2.24) is 5.43 Å². The van der Waals surface area contributed by atoms with Gasteiger partial charge in [0.2, 0.25) is 0 Å². The third kappa shape index (κ3) is 5.45. The van der Waals surface area contributed by atoms with Crippen LogP contribution in [0, 0.1) is 0 Å². The van der Waals surface area contributed by atoms with Gasteiger partial charge in [-0.3, -0.25) is 4.79 Å². The summed E-state index contributed by atoms with van der Waals surface area (Å²) in [4.78, 5) is 11.5. The van der Waals surface area contributed by atoms with Crippen LogP contribution in [0.5, 0.6) is 5.75 Å². The monoisotopic (exact) mass is 322 g/mol. The number of hydrogen-bond donors (Lipinski definition) is 1. The Bertz CT molecular complexity index is 642. The number of rotatable bonds is 5. The topological polar surface area (TPSA) is 50.7 Å². The number of carbonyl (C=O) groups is 1. The molecule has 0 saturated carbocycles. The lowest BCUT2D eigenvalue weighted by atomic mass is 10.2. The number of hydrazone groups is 1. The lowest BCUT2D eigenvalue weighted by Crippen LogP contribution is -2.24. The average molecular weight is 323 g/mol. The number of nitrogens with one attached hydrogen (secondary N) is 1. The zero-order valence-electron chi connectivity index (χ0n) is 10.9. The quantitative estimate of drug-likeness (QED) is 0.676. The first-order valence-corrected chi connectivity index (χ1v) is 6.85. The van der Waals surface area contributed by atoms with Crippen molar-refractivity contribution in [2.75, 3.05) is 6.61 Å². The van der Waals surface area contributed by atoms with Crippen LogP contribution in [0.4, 0.5) is 0 Å². The first-order chi connectivity index (χ1) is 10.1. The van der Waals surface area contributed by atoms with Gasteiger partial charge in [0.05, 0.1) is 6.21 Å². The number of ether oxygens (including phenoxy) is 1. The van der Waals surface area contributed by atoms with Crippen molar-refractivity contribution in [3.63, 3.8) is 0 Å². The van der Waals surface area contributed by atoms with Gasteiger partial charge in [0, 0.05) is 10.0 Å². The highest BCUT2D eigenvalue weighted by Crippen LogP contribution is 2.16. The van der Waals surface area contributed by atoms with Crippen LogP contribution in [0.15, 0.2) is 53.6 Å². The van der Waals surface area contributed by atoms with Crippen molar-refractivity contribution in [2.24, 2.45) is 5.10 Å². The van der Waals surface area contributed by atoms with Crippen molar-refractivity contribution in [3.05, 3.63) is 64.1 Å². The van der Waals surface area contributed by atoms with Gasteiger partial charge in [-0.1, -0.05) is 41.4 Å². The highest BCUT2D eigenvalue weighted by atomic mass is 35.5. The van der Waals surface area contributed by atoms with Gasteiger partial charge in [-0.15, -0.1) is 0 Å². The summed E-state index contributed by atoms with van der Waals surface area (Å²) in [5.41, 5.74) is 3.20. The Morgan fingerprint density at radius 3 is 2.62 bits per heavy atom. The molecule has 1 amide bonds. The standard InChI is InChI=1S/C15H12Cl2N2O2/c16-12-6-4-11(5-7-12)9-18-19-15(20)10-21-14-3-1-2-13(17)8-14/h1-9H,10H2,(H,19,20). The van der Waals surface area contributed by atoms with Crippen LogP contribution in [0.25, 0.3) is 0 Å². The highest BCUT2D eigenvalue weighted by Gasteiger charge is 2.01. The number of amides is 1. The zero-order valence-corrected chi connectivity index (χ0v) is 12.4. The van der Waals surface area contributed by atoms with Crippen LogP contribution >= 0.6 is 23.2 Å². The highest BCUT2D eigenvalue weighted by molar-refractivity contribution is 6.30. The molecule has 2 aromatic rings. The molecular formula is C15H12Cl2N2O2. The van der Waals surface area contributed by atoms with Gasteiger partial charge in [0.15, 0.2) is 6.61 Å². The van der Waals surface area contributed by atoms with Gasteiger partial charge in [0.1, 0.15) is 5.75 Å². The minimum absolute atomic E-state index is 0.141. The molecule has 0 bridgehead atoms. The van der Waals surface area contributed by atoms with E-state index in [1.54, 1.807) is 48.5 Å². The Balaban J connectivity index is 1.78. The predicted molar refractivity (Wildman–Crippen MR) is 84.1 cm³/mol. The molecule has 0 aliphatic carbocycles.